The lowest BCUT2D eigenvalue weighted by Crippen LogP contribution is -2.15. The number of methoxy groups -OCH3 is 1. The summed E-state index contributed by atoms with van der Waals surface area (Å²) >= 11 is 0. The van der Waals surface area contributed by atoms with Gasteiger partial charge < -0.3 is 15.2 Å². The molecule has 2 N–H and O–H groups in total. The van der Waals surface area contributed by atoms with Gasteiger partial charge in [-0.2, -0.15) is 0 Å². The number of aromatic carboxylic acids is 1. The number of ether oxygens (including phenoxy) is 1. The van der Waals surface area contributed by atoms with Crippen LogP contribution in [-0.2, 0) is 0 Å². The summed E-state index contributed by atoms with van der Waals surface area (Å²) in [4.78, 5) is 23.5. The molecule has 108 valence electrons. The number of para-hydroxylation sites is 1. The second kappa shape index (κ2) is 6.09. The summed E-state index contributed by atoms with van der Waals surface area (Å²) in [6, 6.07) is 11.5. The molecule has 0 heterocycles. The topological polar surface area (TPSA) is 75.6 Å². The smallest absolute Gasteiger partial charge is 0.337 e. The van der Waals surface area contributed by atoms with Crippen molar-refractivity contribution in [1.29, 1.82) is 0 Å². The number of benzene rings is 2. The lowest BCUT2D eigenvalue weighted by molar-refractivity contribution is 0.0698. The summed E-state index contributed by atoms with van der Waals surface area (Å²) in [7, 11) is 1.48. The molecule has 0 aliphatic carbocycles. The molecular weight excluding hydrogens is 270 g/mol. The minimum Gasteiger partial charge on any atom is -0.496 e. The molecule has 0 aromatic heterocycles. The quantitative estimate of drug-likeness (QED) is 0.905. The van der Waals surface area contributed by atoms with Crippen molar-refractivity contribution in [2.24, 2.45) is 0 Å². The van der Waals surface area contributed by atoms with Gasteiger partial charge in [-0.1, -0.05) is 23.8 Å². The largest absolute Gasteiger partial charge is 0.496 e. The van der Waals surface area contributed by atoms with Crippen molar-refractivity contribution >= 4 is 17.6 Å². The zero-order valence-corrected chi connectivity index (χ0v) is 11.7. The van der Waals surface area contributed by atoms with E-state index in [2.05, 4.69) is 5.32 Å². The first-order valence-corrected chi connectivity index (χ1v) is 6.31. The fourth-order valence-corrected chi connectivity index (χ4v) is 1.97. The Labute approximate surface area is 122 Å². The highest BCUT2D eigenvalue weighted by molar-refractivity contribution is 6.09. The van der Waals surface area contributed by atoms with Crippen molar-refractivity contribution in [3.8, 4) is 5.75 Å². The maximum atomic E-state index is 12.3. The van der Waals surface area contributed by atoms with Crippen LogP contribution in [0, 0.1) is 6.92 Å². The van der Waals surface area contributed by atoms with Crippen LogP contribution in [0.2, 0.25) is 0 Å². The summed E-state index contributed by atoms with van der Waals surface area (Å²) in [5.74, 6) is -1.07. The standard InChI is InChI=1S/C16H15NO4/c1-10-7-8-14(21-2)12(9-10)15(18)17-13-6-4-3-5-11(13)16(19)20/h3-9H,1-2H3,(H,17,18)(H,19,20). The molecule has 5 heteroatoms. The van der Waals surface area contributed by atoms with Crippen molar-refractivity contribution in [2.75, 3.05) is 12.4 Å². The normalized spacial score (nSPS) is 10.0. The van der Waals surface area contributed by atoms with Crippen LogP contribution in [-0.4, -0.2) is 24.1 Å². The van der Waals surface area contributed by atoms with Crippen molar-refractivity contribution in [3.63, 3.8) is 0 Å². The Morgan fingerprint density at radius 1 is 1.10 bits per heavy atom. The first-order chi connectivity index (χ1) is 10.0. The van der Waals surface area contributed by atoms with Crippen LogP contribution >= 0.6 is 0 Å². The number of aryl methyl sites for hydroxylation is 1. The SMILES string of the molecule is COc1ccc(C)cc1C(=O)Nc1ccccc1C(=O)O. The highest BCUT2D eigenvalue weighted by atomic mass is 16.5. The summed E-state index contributed by atoms with van der Waals surface area (Å²) in [6.45, 7) is 1.86. The molecule has 0 radical (unpaired) electrons. The fourth-order valence-electron chi connectivity index (χ4n) is 1.97. The van der Waals surface area contributed by atoms with E-state index in [4.69, 9.17) is 9.84 Å². The second-order valence-corrected chi connectivity index (χ2v) is 4.51. The number of carbonyl (C=O) groups excluding carboxylic acids is 1. The molecule has 0 saturated heterocycles. The van der Waals surface area contributed by atoms with Crippen LogP contribution in [0.1, 0.15) is 26.3 Å². The molecule has 1 amide bonds. The average Bonchev–Trinajstić information content (AvgIpc) is 2.47. The van der Waals surface area contributed by atoms with E-state index < -0.39 is 11.9 Å². The first-order valence-electron chi connectivity index (χ1n) is 6.31. The van der Waals surface area contributed by atoms with E-state index in [0.29, 0.717) is 11.3 Å². The van der Waals surface area contributed by atoms with Gasteiger partial charge in [0.2, 0.25) is 0 Å². The molecule has 0 aliphatic rings. The van der Waals surface area contributed by atoms with E-state index in [-0.39, 0.29) is 11.3 Å². The molecule has 0 atom stereocenters. The molecule has 2 rings (SSSR count). The fraction of sp³-hybridized carbons (Fsp3) is 0.125. The number of hydrogen-bond acceptors (Lipinski definition) is 3. The second-order valence-electron chi connectivity index (χ2n) is 4.51. The van der Waals surface area contributed by atoms with E-state index in [0.717, 1.165) is 5.56 Å². The Bertz CT molecular complexity index is 694. The maximum Gasteiger partial charge on any atom is 0.337 e. The average molecular weight is 285 g/mol. The van der Waals surface area contributed by atoms with Gasteiger partial charge in [-0.15, -0.1) is 0 Å². The van der Waals surface area contributed by atoms with Crippen molar-refractivity contribution in [3.05, 3.63) is 59.2 Å². The number of carboxylic acid groups (broad SMARTS) is 1. The third kappa shape index (κ3) is 3.20. The molecule has 0 saturated carbocycles. The Hall–Kier alpha value is -2.82. The lowest BCUT2D eigenvalue weighted by atomic mass is 10.1. The number of rotatable bonds is 4. The van der Waals surface area contributed by atoms with Gasteiger partial charge in [0.25, 0.3) is 5.91 Å². The minimum atomic E-state index is -1.10. The summed E-state index contributed by atoms with van der Waals surface area (Å²) in [5, 5.41) is 11.7. The summed E-state index contributed by atoms with van der Waals surface area (Å²) in [6.07, 6.45) is 0. The molecule has 0 aliphatic heterocycles. The van der Waals surface area contributed by atoms with Crippen LogP contribution < -0.4 is 10.1 Å². The molecule has 0 spiro atoms. The highest BCUT2D eigenvalue weighted by Crippen LogP contribution is 2.22. The summed E-state index contributed by atoms with van der Waals surface area (Å²) < 4.78 is 5.16. The predicted molar refractivity (Wildman–Crippen MR) is 79.1 cm³/mol. The van der Waals surface area contributed by atoms with Gasteiger partial charge >= 0.3 is 5.97 Å². The van der Waals surface area contributed by atoms with Gasteiger partial charge in [0.15, 0.2) is 0 Å². The number of anilines is 1. The monoisotopic (exact) mass is 285 g/mol. The van der Waals surface area contributed by atoms with Gasteiger partial charge in [0, 0.05) is 0 Å². The van der Waals surface area contributed by atoms with E-state index >= 15 is 0 Å². The number of amides is 1. The summed E-state index contributed by atoms with van der Waals surface area (Å²) in [5.41, 5.74) is 1.56. The lowest BCUT2D eigenvalue weighted by Gasteiger charge is -2.11. The first kappa shape index (κ1) is 14.6. The third-order valence-corrected chi connectivity index (χ3v) is 3.01. The molecule has 21 heavy (non-hydrogen) atoms. The molecule has 5 nitrogen and oxygen atoms in total. The highest BCUT2D eigenvalue weighted by Gasteiger charge is 2.16. The van der Waals surface area contributed by atoms with E-state index in [1.807, 2.05) is 13.0 Å². The Morgan fingerprint density at radius 3 is 2.48 bits per heavy atom. The molecule has 0 fully saturated rings. The van der Waals surface area contributed by atoms with Gasteiger partial charge in [-0.05, 0) is 31.2 Å². The number of carbonyl (C=O) groups is 2. The molecule has 2 aromatic carbocycles. The van der Waals surface area contributed by atoms with Crippen LogP contribution in [0.25, 0.3) is 0 Å². The van der Waals surface area contributed by atoms with Gasteiger partial charge in [0.05, 0.1) is 23.9 Å². The van der Waals surface area contributed by atoms with E-state index in [1.165, 1.54) is 13.2 Å². The molecule has 0 bridgehead atoms. The van der Waals surface area contributed by atoms with Crippen molar-refractivity contribution in [1.82, 2.24) is 0 Å². The Balaban J connectivity index is 2.35. The van der Waals surface area contributed by atoms with Crippen molar-refractivity contribution in [2.45, 2.75) is 6.92 Å². The molecular formula is C16H15NO4. The van der Waals surface area contributed by atoms with Gasteiger partial charge in [-0.25, -0.2) is 4.79 Å². The van der Waals surface area contributed by atoms with Crippen LogP contribution in [0.4, 0.5) is 5.69 Å². The zero-order valence-electron chi connectivity index (χ0n) is 11.7. The van der Waals surface area contributed by atoms with Crippen molar-refractivity contribution < 1.29 is 19.4 Å². The molecule has 0 unspecified atom stereocenters. The predicted octanol–water partition coefficient (Wildman–Crippen LogP) is 2.95. The Kier molecular flexibility index (Phi) is 4.23. The third-order valence-electron chi connectivity index (χ3n) is 3.01. The number of carboxylic acids is 1. The number of nitrogens with one attached hydrogen (secondary N) is 1. The molecule has 2 aromatic rings. The van der Waals surface area contributed by atoms with Crippen LogP contribution in [0.5, 0.6) is 5.75 Å². The van der Waals surface area contributed by atoms with Gasteiger partial charge in [0.1, 0.15) is 5.75 Å². The van der Waals surface area contributed by atoms with E-state index in [9.17, 15) is 9.59 Å². The Morgan fingerprint density at radius 2 is 1.81 bits per heavy atom. The minimum absolute atomic E-state index is 0.0393. The van der Waals surface area contributed by atoms with Crippen LogP contribution in [0.15, 0.2) is 42.5 Å². The zero-order chi connectivity index (χ0) is 15.4. The van der Waals surface area contributed by atoms with E-state index in [1.54, 1.807) is 30.3 Å². The van der Waals surface area contributed by atoms with Gasteiger partial charge in [-0.3, -0.25) is 4.79 Å². The maximum absolute atomic E-state index is 12.3. The van der Waals surface area contributed by atoms with Crippen LogP contribution in [0.3, 0.4) is 0 Å². The number of hydrogen-bond donors (Lipinski definition) is 2.